The quantitative estimate of drug-likeness (QED) is 0.469. The molecule has 0 atom stereocenters. The molecule has 3 aromatic rings. The molecular formula is C22H24N2O4S2. The van der Waals surface area contributed by atoms with E-state index in [-0.39, 0.29) is 11.9 Å². The fourth-order valence-electron chi connectivity index (χ4n) is 2.87. The van der Waals surface area contributed by atoms with Crippen LogP contribution in [0, 0.1) is 0 Å². The van der Waals surface area contributed by atoms with Crippen molar-refractivity contribution in [3.63, 3.8) is 0 Å². The van der Waals surface area contributed by atoms with Crippen molar-refractivity contribution in [3.05, 3.63) is 64.5 Å². The Balaban J connectivity index is 1.82. The Kier molecular flexibility index (Phi) is 8.24. The van der Waals surface area contributed by atoms with Gasteiger partial charge in [0.05, 0.1) is 34.7 Å². The second-order valence-corrected chi connectivity index (χ2v) is 8.41. The number of aromatic nitrogens is 1. The molecule has 0 saturated heterocycles. The number of nitrogens with zero attached hydrogens (tertiary/aromatic N) is 2. The molecule has 0 aliphatic carbocycles. The molecule has 1 amide bonds. The van der Waals surface area contributed by atoms with Crippen molar-refractivity contribution in [3.8, 4) is 0 Å². The Morgan fingerprint density at radius 1 is 1.17 bits per heavy atom. The number of fused-ring (bicyclic) bond motifs is 1. The van der Waals surface area contributed by atoms with E-state index in [0.29, 0.717) is 35.9 Å². The maximum absolute atomic E-state index is 12.5. The smallest absolute Gasteiger partial charge is 0.338 e. The topological polar surface area (TPSA) is 69.9 Å². The zero-order valence-electron chi connectivity index (χ0n) is 17.0. The zero-order chi connectivity index (χ0) is 21.3. The fraction of sp³-hybridized carbons (Fsp3) is 0.318. The summed E-state index contributed by atoms with van der Waals surface area (Å²) in [5, 5.41) is 0. The number of benzene rings is 2. The Labute approximate surface area is 183 Å². The summed E-state index contributed by atoms with van der Waals surface area (Å²) in [6.45, 7) is 3.16. The van der Waals surface area contributed by atoms with E-state index in [9.17, 15) is 9.59 Å². The van der Waals surface area contributed by atoms with Crippen LogP contribution >= 0.6 is 23.1 Å². The largest absolute Gasteiger partial charge is 0.462 e. The molecule has 3 rings (SSSR count). The minimum Gasteiger partial charge on any atom is -0.462 e. The van der Waals surface area contributed by atoms with Gasteiger partial charge in [0.25, 0.3) is 5.91 Å². The molecule has 2 aromatic carbocycles. The van der Waals surface area contributed by atoms with Crippen molar-refractivity contribution >= 4 is 45.2 Å². The molecule has 0 aliphatic heterocycles. The van der Waals surface area contributed by atoms with Gasteiger partial charge in [-0.05, 0) is 30.7 Å². The van der Waals surface area contributed by atoms with E-state index in [1.54, 1.807) is 37.9 Å². The van der Waals surface area contributed by atoms with Gasteiger partial charge in [-0.2, -0.15) is 4.99 Å². The molecule has 0 radical (unpaired) electrons. The second kappa shape index (κ2) is 11.1. The van der Waals surface area contributed by atoms with Crippen LogP contribution in [-0.2, 0) is 26.6 Å². The fourth-order valence-corrected chi connectivity index (χ4v) is 4.75. The normalized spacial score (nSPS) is 11.7. The van der Waals surface area contributed by atoms with Crippen LogP contribution in [0.2, 0.25) is 0 Å². The summed E-state index contributed by atoms with van der Waals surface area (Å²) >= 11 is 2.93. The zero-order valence-corrected chi connectivity index (χ0v) is 18.6. The van der Waals surface area contributed by atoms with Gasteiger partial charge in [-0.15, -0.1) is 11.8 Å². The van der Waals surface area contributed by atoms with Gasteiger partial charge in [-0.1, -0.05) is 41.7 Å². The van der Waals surface area contributed by atoms with Gasteiger partial charge >= 0.3 is 5.97 Å². The number of thioether (sulfide) groups is 1. The first-order valence-electron chi connectivity index (χ1n) is 9.61. The number of esters is 1. The Bertz CT molecular complexity index is 1070. The summed E-state index contributed by atoms with van der Waals surface area (Å²) in [6.07, 6.45) is 0. The number of rotatable bonds is 9. The molecule has 8 heteroatoms. The first-order chi connectivity index (χ1) is 14.6. The number of carbonyl (C=O) groups excluding carboxylic acids is 2. The molecule has 6 nitrogen and oxygen atoms in total. The van der Waals surface area contributed by atoms with Crippen molar-refractivity contribution in [1.29, 1.82) is 0 Å². The van der Waals surface area contributed by atoms with Crippen LogP contribution in [0.3, 0.4) is 0 Å². The molecule has 0 saturated carbocycles. The maximum atomic E-state index is 12.5. The third kappa shape index (κ3) is 5.81. The van der Waals surface area contributed by atoms with E-state index in [1.165, 1.54) is 16.9 Å². The standard InChI is InChI=1S/C22H24N2O4S2/c1-3-28-21(26)17-9-10-18-19(13-17)30-22(24(18)11-12-27-2)23-20(25)15-29-14-16-7-5-4-6-8-16/h4-10,13H,3,11-12,14-15H2,1-2H3. The first kappa shape index (κ1) is 22.3. The van der Waals surface area contributed by atoms with Crippen molar-refractivity contribution in [2.75, 3.05) is 26.1 Å². The number of carbonyl (C=O) groups is 2. The predicted molar refractivity (Wildman–Crippen MR) is 121 cm³/mol. The van der Waals surface area contributed by atoms with Gasteiger partial charge in [-0.3, -0.25) is 4.79 Å². The predicted octanol–water partition coefficient (Wildman–Crippen LogP) is 3.89. The Hall–Kier alpha value is -2.42. The summed E-state index contributed by atoms with van der Waals surface area (Å²) in [6, 6.07) is 15.4. The number of hydrogen-bond acceptors (Lipinski definition) is 6. The van der Waals surface area contributed by atoms with E-state index in [4.69, 9.17) is 9.47 Å². The highest BCUT2D eigenvalue weighted by atomic mass is 32.2. The molecule has 0 spiro atoms. The summed E-state index contributed by atoms with van der Waals surface area (Å²) in [4.78, 5) is 29.5. The van der Waals surface area contributed by atoms with E-state index >= 15 is 0 Å². The SMILES string of the molecule is CCOC(=O)c1ccc2c(c1)sc(=NC(=O)CSCc1ccccc1)n2CCOC. The Morgan fingerprint density at radius 3 is 2.70 bits per heavy atom. The first-order valence-corrected chi connectivity index (χ1v) is 11.6. The lowest BCUT2D eigenvalue weighted by atomic mass is 10.2. The van der Waals surface area contributed by atoms with Gasteiger partial charge < -0.3 is 14.0 Å². The van der Waals surface area contributed by atoms with Crippen LogP contribution in [-0.4, -0.2) is 42.5 Å². The molecular weight excluding hydrogens is 420 g/mol. The molecule has 0 unspecified atom stereocenters. The van der Waals surface area contributed by atoms with E-state index in [1.807, 2.05) is 41.0 Å². The van der Waals surface area contributed by atoms with Gasteiger partial charge in [0.15, 0.2) is 4.80 Å². The monoisotopic (exact) mass is 444 g/mol. The van der Waals surface area contributed by atoms with Crippen LogP contribution in [0.5, 0.6) is 0 Å². The number of thiazole rings is 1. The highest BCUT2D eigenvalue weighted by Crippen LogP contribution is 2.20. The van der Waals surface area contributed by atoms with E-state index < -0.39 is 0 Å². The molecule has 0 N–H and O–H groups in total. The van der Waals surface area contributed by atoms with E-state index in [2.05, 4.69) is 4.99 Å². The minimum atomic E-state index is -0.358. The maximum Gasteiger partial charge on any atom is 0.338 e. The van der Waals surface area contributed by atoms with Crippen LogP contribution < -0.4 is 4.80 Å². The highest BCUT2D eigenvalue weighted by Gasteiger charge is 2.12. The highest BCUT2D eigenvalue weighted by molar-refractivity contribution is 7.99. The lowest BCUT2D eigenvalue weighted by molar-refractivity contribution is -0.115. The molecule has 0 fully saturated rings. The van der Waals surface area contributed by atoms with Crippen LogP contribution in [0.15, 0.2) is 53.5 Å². The van der Waals surface area contributed by atoms with Gasteiger partial charge in [0.2, 0.25) is 0 Å². The third-order valence-electron chi connectivity index (χ3n) is 4.27. The lowest BCUT2D eigenvalue weighted by Crippen LogP contribution is -2.19. The van der Waals surface area contributed by atoms with Crippen LogP contribution in [0.1, 0.15) is 22.8 Å². The van der Waals surface area contributed by atoms with Gasteiger partial charge in [0, 0.05) is 19.4 Å². The average molecular weight is 445 g/mol. The molecule has 30 heavy (non-hydrogen) atoms. The molecule has 1 aromatic heterocycles. The third-order valence-corrected chi connectivity index (χ3v) is 6.30. The van der Waals surface area contributed by atoms with Gasteiger partial charge in [-0.25, -0.2) is 4.79 Å². The van der Waals surface area contributed by atoms with Crippen molar-refractivity contribution in [2.24, 2.45) is 4.99 Å². The van der Waals surface area contributed by atoms with Crippen molar-refractivity contribution in [2.45, 2.75) is 19.2 Å². The summed E-state index contributed by atoms with van der Waals surface area (Å²) < 4.78 is 13.1. The minimum absolute atomic E-state index is 0.181. The summed E-state index contributed by atoms with van der Waals surface area (Å²) in [7, 11) is 1.64. The van der Waals surface area contributed by atoms with Crippen LogP contribution in [0.4, 0.5) is 0 Å². The average Bonchev–Trinajstić information content (AvgIpc) is 3.09. The van der Waals surface area contributed by atoms with Gasteiger partial charge in [0.1, 0.15) is 0 Å². The number of hydrogen-bond donors (Lipinski definition) is 0. The molecule has 0 aliphatic rings. The molecule has 0 bridgehead atoms. The second-order valence-electron chi connectivity index (χ2n) is 6.42. The summed E-state index contributed by atoms with van der Waals surface area (Å²) in [5.74, 6) is 0.533. The number of ether oxygens (including phenoxy) is 2. The van der Waals surface area contributed by atoms with Crippen molar-refractivity contribution in [1.82, 2.24) is 4.57 Å². The molecule has 1 heterocycles. The molecule has 158 valence electrons. The number of methoxy groups -OCH3 is 1. The van der Waals surface area contributed by atoms with E-state index in [0.717, 1.165) is 16.0 Å². The lowest BCUT2D eigenvalue weighted by Gasteiger charge is -2.05. The Morgan fingerprint density at radius 2 is 1.97 bits per heavy atom. The van der Waals surface area contributed by atoms with Crippen LogP contribution in [0.25, 0.3) is 10.2 Å². The van der Waals surface area contributed by atoms with Crippen molar-refractivity contribution < 1.29 is 19.1 Å². The number of amides is 1. The summed E-state index contributed by atoms with van der Waals surface area (Å²) in [5.41, 5.74) is 2.58.